The van der Waals surface area contributed by atoms with Gasteiger partial charge in [0, 0.05) is 27.9 Å². The van der Waals surface area contributed by atoms with E-state index in [2.05, 4.69) is 0 Å². The largest absolute Gasteiger partial charge is 0.466 e. The lowest BCUT2D eigenvalue weighted by Crippen LogP contribution is -2.35. The van der Waals surface area contributed by atoms with Crippen molar-refractivity contribution in [3.05, 3.63) is 84.9 Å². The zero-order chi connectivity index (χ0) is 22.7. The van der Waals surface area contributed by atoms with Crippen molar-refractivity contribution in [2.45, 2.75) is 26.3 Å². The van der Waals surface area contributed by atoms with E-state index in [1.54, 1.807) is 37.3 Å². The van der Waals surface area contributed by atoms with Crippen LogP contribution in [0.1, 0.15) is 30.2 Å². The molecule has 1 aromatic carbocycles. The molecule has 0 fully saturated rings. The van der Waals surface area contributed by atoms with E-state index in [1.165, 1.54) is 26.4 Å². The van der Waals surface area contributed by atoms with Crippen LogP contribution in [0.4, 0.5) is 5.69 Å². The first-order valence-electron chi connectivity index (χ1n) is 9.43. The number of hydrogen-bond donors (Lipinski definition) is 0. The van der Waals surface area contributed by atoms with Crippen molar-refractivity contribution < 1.29 is 24.0 Å². The lowest BCUT2D eigenvalue weighted by atomic mass is 9.79. The lowest BCUT2D eigenvalue weighted by Gasteiger charge is -2.37. The van der Waals surface area contributed by atoms with Gasteiger partial charge < -0.3 is 14.4 Å². The van der Waals surface area contributed by atoms with Crippen LogP contribution in [0.15, 0.2) is 64.3 Å². The first-order valence-corrected chi connectivity index (χ1v) is 10.3. The third kappa shape index (κ3) is 4.09. The number of nitro groups is 1. The molecule has 0 saturated carbocycles. The van der Waals surface area contributed by atoms with E-state index in [1.807, 2.05) is 22.4 Å². The molecule has 0 aliphatic carbocycles. The molecular weight excluding hydrogens is 420 g/mol. The van der Waals surface area contributed by atoms with E-state index in [0.29, 0.717) is 17.9 Å². The van der Waals surface area contributed by atoms with Crippen LogP contribution in [0.3, 0.4) is 0 Å². The van der Waals surface area contributed by atoms with E-state index < -0.39 is 22.8 Å². The quantitative estimate of drug-likeness (QED) is 0.376. The maximum atomic E-state index is 12.9. The maximum Gasteiger partial charge on any atom is 0.336 e. The Morgan fingerprint density at radius 2 is 1.61 bits per heavy atom. The van der Waals surface area contributed by atoms with Crippen LogP contribution in [0.2, 0.25) is 0 Å². The molecule has 9 heteroatoms. The third-order valence-corrected chi connectivity index (χ3v) is 6.18. The number of benzene rings is 1. The highest BCUT2D eigenvalue weighted by molar-refractivity contribution is 7.09. The van der Waals surface area contributed by atoms with Crippen molar-refractivity contribution in [1.82, 2.24) is 4.90 Å². The average molecular weight is 442 g/mol. The average Bonchev–Trinajstić information content (AvgIpc) is 3.28. The second kappa shape index (κ2) is 9.13. The van der Waals surface area contributed by atoms with Crippen LogP contribution in [0, 0.1) is 10.1 Å². The summed E-state index contributed by atoms with van der Waals surface area (Å²) in [4.78, 5) is 39.9. The molecule has 1 aliphatic heterocycles. The Balaban J connectivity index is 2.31. The molecular formula is C22H22N2O6S. The van der Waals surface area contributed by atoms with Crippen LogP contribution in [0.25, 0.3) is 0 Å². The number of rotatable bonds is 6. The molecule has 0 bridgehead atoms. The summed E-state index contributed by atoms with van der Waals surface area (Å²) >= 11 is 1.55. The highest BCUT2D eigenvalue weighted by Gasteiger charge is 2.42. The van der Waals surface area contributed by atoms with Gasteiger partial charge in [0.2, 0.25) is 0 Å². The number of esters is 2. The van der Waals surface area contributed by atoms with Crippen molar-refractivity contribution in [3.8, 4) is 0 Å². The molecule has 0 unspecified atom stereocenters. The minimum atomic E-state index is -0.999. The zero-order valence-corrected chi connectivity index (χ0v) is 18.4. The smallest absolute Gasteiger partial charge is 0.336 e. The normalized spacial score (nSPS) is 14.6. The van der Waals surface area contributed by atoms with Crippen LogP contribution in [0.5, 0.6) is 0 Å². The fraction of sp³-hybridized carbons (Fsp3) is 0.273. The second-order valence-electron chi connectivity index (χ2n) is 6.90. The summed E-state index contributed by atoms with van der Waals surface area (Å²) in [6, 6.07) is 9.94. The number of para-hydroxylation sites is 1. The van der Waals surface area contributed by atoms with Gasteiger partial charge in [-0.05, 0) is 25.3 Å². The van der Waals surface area contributed by atoms with Gasteiger partial charge in [-0.2, -0.15) is 0 Å². The fourth-order valence-corrected chi connectivity index (χ4v) is 4.55. The number of nitro benzene ring substituents is 1. The molecule has 2 aromatic rings. The van der Waals surface area contributed by atoms with Gasteiger partial charge in [0.25, 0.3) is 5.69 Å². The van der Waals surface area contributed by atoms with E-state index in [-0.39, 0.29) is 22.4 Å². The van der Waals surface area contributed by atoms with Gasteiger partial charge in [0.05, 0.1) is 42.8 Å². The number of ether oxygens (including phenoxy) is 2. The van der Waals surface area contributed by atoms with Crippen molar-refractivity contribution in [2.24, 2.45) is 0 Å². The lowest BCUT2D eigenvalue weighted by molar-refractivity contribution is -0.385. The molecule has 0 saturated heterocycles. The minimum absolute atomic E-state index is 0.166. The molecule has 0 N–H and O–H groups in total. The van der Waals surface area contributed by atoms with Gasteiger partial charge in [-0.15, -0.1) is 11.3 Å². The fourth-order valence-electron chi connectivity index (χ4n) is 3.86. The van der Waals surface area contributed by atoms with Gasteiger partial charge >= 0.3 is 11.9 Å². The second-order valence-corrected chi connectivity index (χ2v) is 7.93. The summed E-state index contributed by atoms with van der Waals surface area (Å²) in [5.41, 5.74) is 1.49. The molecule has 0 amide bonds. The Morgan fingerprint density at radius 3 is 2.10 bits per heavy atom. The molecule has 3 rings (SSSR count). The van der Waals surface area contributed by atoms with Crippen molar-refractivity contribution in [3.63, 3.8) is 0 Å². The van der Waals surface area contributed by atoms with Gasteiger partial charge in [-0.3, -0.25) is 10.1 Å². The molecule has 1 aliphatic rings. The standard InChI is InChI=1S/C22H22N2O6S/c1-13-18(21(25)29-3)20(16-9-5-6-10-17(16)24(27)28)19(22(26)30-4)14(2)23(13)12-15-8-7-11-31-15/h5-11,20H,12H2,1-4H3. The number of nitrogens with zero attached hydrogens (tertiary/aromatic N) is 2. The molecule has 1 aromatic heterocycles. The number of carbonyl (C=O) groups is 2. The van der Waals surface area contributed by atoms with Gasteiger partial charge in [0.1, 0.15) is 0 Å². The Morgan fingerprint density at radius 1 is 1.03 bits per heavy atom. The monoisotopic (exact) mass is 442 g/mol. The number of thiophene rings is 1. The molecule has 2 heterocycles. The third-order valence-electron chi connectivity index (χ3n) is 5.32. The predicted molar refractivity (Wildman–Crippen MR) is 115 cm³/mol. The summed E-state index contributed by atoms with van der Waals surface area (Å²) in [5, 5.41) is 13.7. The van der Waals surface area contributed by atoms with Crippen LogP contribution in [-0.2, 0) is 25.6 Å². The number of carbonyl (C=O) groups excluding carboxylic acids is 2. The first kappa shape index (κ1) is 22.2. The van der Waals surface area contributed by atoms with E-state index in [4.69, 9.17) is 9.47 Å². The van der Waals surface area contributed by atoms with Gasteiger partial charge in [-0.1, -0.05) is 24.3 Å². The number of hydrogen-bond acceptors (Lipinski definition) is 8. The van der Waals surface area contributed by atoms with Crippen molar-refractivity contribution in [1.29, 1.82) is 0 Å². The molecule has 0 atom stereocenters. The molecule has 8 nitrogen and oxygen atoms in total. The summed E-state index contributed by atoms with van der Waals surface area (Å²) in [7, 11) is 2.48. The topological polar surface area (TPSA) is 99.0 Å². The van der Waals surface area contributed by atoms with Crippen molar-refractivity contribution in [2.75, 3.05) is 14.2 Å². The van der Waals surface area contributed by atoms with E-state index in [9.17, 15) is 19.7 Å². The minimum Gasteiger partial charge on any atom is -0.466 e. The predicted octanol–water partition coefficient (Wildman–Crippen LogP) is 4.15. The van der Waals surface area contributed by atoms with Crippen LogP contribution >= 0.6 is 11.3 Å². The summed E-state index contributed by atoms with van der Waals surface area (Å²) < 4.78 is 10.1. The van der Waals surface area contributed by atoms with Gasteiger partial charge in [0.15, 0.2) is 0 Å². The molecule has 0 spiro atoms. The summed E-state index contributed by atoms with van der Waals surface area (Å²) in [5.74, 6) is -2.32. The van der Waals surface area contributed by atoms with E-state index in [0.717, 1.165) is 4.88 Å². The number of allylic oxidation sites excluding steroid dienone is 2. The maximum absolute atomic E-state index is 12.9. The van der Waals surface area contributed by atoms with Gasteiger partial charge in [-0.25, -0.2) is 9.59 Å². The first-order chi connectivity index (χ1) is 14.8. The highest BCUT2D eigenvalue weighted by Crippen LogP contribution is 2.45. The SMILES string of the molecule is COC(=O)C1=C(C)N(Cc2cccs2)C(C)=C(C(=O)OC)C1c1ccccc1[N+](=O)[O-]. The highest BCUT2D eigenvalue weighted by atomic mass is 32.1. The Labute approximate surface area is 183 Å². The van der Waals surface area contributed by atoms with E-state index >= 15 is 0 Å². The van der Waals surface area contributed by atoms with Crippen LogP contribution in [-0.4, -0.2) is 36.0 Å². The Kier molecular flexibility index (Phi) is 6.55. The Hall–Kier alpha value is -3.46. The summed E-state index contributed by atoms with van der Waals surface area (Å²) in [6.45, 7) is 3.93. The molecule has 162 valence electrons. The molecule has 0 radical (unpaired) electrons. The molecule has 31 heavy (non-hydrogen) atoms. The Bertz CT molecular complexity index is 1050. The summed E-state index contributed by atoms with van der Waals surface area (Å²) in [6.07, 6.45) is 0. The number of methoxy groups -OCH3 is 2. The van der Waals surface area contributed by atoms with Crippen molar-refractivity contribution >= 4 is 29.0 Å². The van der Waals surface area contributed by atoms with Crippen LogP contribution < -0.4 is 0 Å². The zero-order valence-electron chi connectivity index (χ0n) is 17.6.